The third-order valence-corrected chi connectivity index (χ3v) is 7.60. The summed E-state index contributed by atoms with van der Waals surface area (Å²) in [6.45, 7) is 6.53. The summed E-state index contributed by atoms with van der Waals surface area (Å²) in [4.78, 5) is 31.3. The number of amides is 1. The molecule has 4 heterocycles. The monoisotopic (exact) mass is 519 g/mol. The summed E-state index contributed by atoms with van der Waals surface area (Å²) in [6.07, 6.45) is 7.42. The third kappa shape index (κ3) is 5.50. The molecule has 2 aliphatic heterocycles. The van der Waals surface area contributed by atoms with E-state index >= 15 is 0 Å². The number of carbonyl (C=O) groups excluding carboxylic acids is 1. The molecule has 3 aromatic rings. The second-order valence-electron chi connectivity index (χ2n) is 9.64. The Morgan fingerprint density at radius 2 is 2.05 bits per heavy atom. The maximum absolute atomic E-state index is 13.2. The molecule has 9 nitrogen and oxygen atoms in total. The number of fused-ring (bicyclic) bond motifs is 1. The average Bonchev–Trinajstić information content (AvgIpc) is 3.33. The summed E-state index contributed by atoms with van der Waals surface area (Å²) in [5, 5.41) is 3.31. The number of aryl methyl sites for hydroxylation is 1. The van der Waals surface area contributed by atoms with Gasteiger partial charge in [-0.2, -0.15) is 0 Å². The average molecular weight is 520 g/mol. The number of pyridine rings is 1. The number of piperidine rings is 1. The summed E-state index contributed by atoms with van der Waals surface area (Å²) in [6, 6.07) is 10.1. The number of hydrogen-bond donors (Lipinski definition) is 2. The predicted octanol–water partition coefficient (Wildman–Crippen LogP) is 4.63. The molecular formula is C27H33N7O2S. The first-order valence-electron chi connectivity index (χ1n) is 12.5. The topological polar surface area (TPSA) is 95.5 Å². The molecule has 2 aromatic heterocycles. The highest BCUT2D eigenvalue weighted by Crippen LogP contribution is 2.31. The van der Waals surface area contributed by atoms with Gasteiger partial charge >= 0.3 is 0 Å². The van der Waals surface area contributed by atoms with Gasteiger partial charge in [0.25, 0.3) is 5.91 Å². The van der Waals surface area contributed by atoms with Gasteiger partial charge in [-0.1, -0.05) is 18.0 Å². The number of ether oxygens (including phenoxy) is 1. The van der Waals surface area contributed by atoms with Crippen molar-refractivity contribution in [1.82, 2.24) is 24.8 Å². The summed E-state index contributed by atoms with van der Waals surface area (Å²) in [5.41, 5.74) is 4.89. The molecule has 2 atom stereocenters. The molecule has 0 radical (unpaired) electrons. The molecule has 0 spiro atoms. The first-order valence-corrected chi connectivity index (χ1v) is 13.7. The molecule has 10 heteroatoms. The number of carbonyl (C=O) groups is 1. The van der Waals surface area contributed by atoms with Crippen LogP contribution in [-0.2, 0) is 13.1 Å². The van der Waals surface area contributed by atoms with Crippen LogP contribution in [0.3, 0.4) is 0 Å². The number of nitrogens with zero attached hydrogens (tertiary/aromatic N) is 5. The van der Waals surface area contributed by atoms with E-state index in [9.17, 15) is 4.79 Å². The van der Waals surface area contributed by atoms with Crippen molar-refractivity contribution < 1.29 is 9.53 Å². The van der Waals surface area contributed by atoms with Crippen LogP contribution in [0.1, 0.15) is 46.9 Å². The summed E-state index contributed by atoms with van der Waals surface area (Å²) >= 11 is 1.46. The van der Waals surface area contributed by atoms with E-state index in [1.54, 1.807) is 19.4 Å². The molecule has 1 fully saturated rings. The molecule has 0 aliphatic carbocycles. The van der Waals surface area contributed by atoms with Gasteiger partial charge in [-0.3, -0.25) is 9.69 Å². The van der Waals surface area contributed by atoms with Crippen molar-refractivity contribution in [3.05, 3.63) is 65.1 Å². The fourth-order valence-electron chi connectivity index (χ4n) is 5.19. The lowest BCUT2D eigenvalue weighted by Gasteiger charge is -2.41. The molecule has 2 N–H and O–H groups in total. The Morgan fingerprint density at radius 3 is 2.84 bits per heavy atom. The number of likely N-dealkylation sites (tertiary alicyclic amines) is 1. The van der Waals surface area contributed by atoms with E-state index in [2.05, 4.69) is 31.8 Å². The van der Waals surface area contributed by atoms with Crippen molar-refractivity contribution in [2.75, 3.05) is 29.9 Å². The molecule has 0 bridgehead atoms. The zero-order chi connectivity index (χ0) is 25.9. The second kappa shape index (κ2) is 10.9. The van der Waals surface area contributed by atoms with Crippen LogP contribution in [-0.4, -0.2) is 62.7 Å². The molecule has 2 aliphatic rings. The highest BCUT2D eigenvalue weighted by molar-refractivity contribution is 7.99. The number of methoxy groups -OCH3 is 1. The van der Waals surface area contributed by atoms with Gasteiger partial charge < -0.3 is 19.7 Å². The van der Waals surface area contributed by atoms with Gasteiger partial charge in [0.1, 0.15) is 11.6 Å². The summed E-state index contributed by atoms with van der Waals surface area (Å²) in [7, 11) is 1.67. The fraction of sp³-hybridized carbons (Fsp3) is 0.407. The Hall–Kier alpha value is -3.37. The lowest BCUT2D eigenvalue weighted by Crippen LogP contribution is -2.50. The van der Waals surface area contributed by atoms with Crippen LogP contribution in [0, 0.1) is 6.92 Å². The van der Waals surface area contributed by atoms with Gasteiger partial charge in [-0.15, -0.1) is 0 Å². The van der Waals surface area contributed by atoms with Gasteiger partial charge in [0.05, 0.1) is 12.8 Å². The van der Waals surface area contributed by atoms with E-state index in [-0.39, 0.29) is 11.9 Å². The molecule has 37 heavy (non-hydrogen) atoms. The molecular weight excluding hydrogens is 486 g/mol. The van der Waals surface area contributed by atoms with Gasteiger partial charge in [-0.25, -0.2) is 15.0 Å². The van der Waals surface area contributed by atoms with E-state index < -0.39 is 0 Å². The van der Waals surface area contributed by atoms with Crippen LogP contribution in [0.25, 0.3) is 0 Å². The number of benzene rings is 1. The van der Waals surface area contributed by atoms with Crippen molar-refractivity contribution in [3.63, 3.8) is 0 Å². The van der Waals surface area contributed by atoms with Gasteiger partial charge in [-0.05, 0) is 50.5 Å². The number of anilines is 3. The number of nitrogens with one attached hydrogen (secondary N) is 2. The van der Waals surface area contributed by atoms with Crippen LogP contribution < -0.4 is 14.8 Å². The van der Waals surface area contributed by atoms with Crippen LogP contribution in [0.2, 0.25) is 0 Å². The highest BCUT2D eigenvalue weighted by Gasteiger charge is 2.35. The number of aromatic nitrogens is 3. The lowest BCUT2D eigenvalue weighted by atomic mass is 9.96. The Morgan fingerprint density at radius 1 is 1.19 bits per heavy atom. The van der Waals surface area contributed by atoms with Crippen LogP contribution in [0.15, 0.2) is 42.7 Å². The molecule has 1 saturated heterocycles. The Bertz CT molecular complexity index is 1290. The molecule has 0 unspecified atom stereocenters. The quantitative estimate of drug-likeness (QED) is 0.433. The van der Waals surface area contributed by atoms with Crippen molar-refractivity contribution in [2.45, 2.75) is 51.9 Å². The fourth-order valence-corrected chi connectivity index (χ4v) is 5.51. The van der Waals surface area contributed by atoms with E-state index in [0.29, 0.717) is 23.4 Å². The SMILES string of the molecule is COc1cc(Nc2ncc3c(n2)CN([C@@H]2CCN(C(=O)c4ccnc(NSC)c4)[C@H](C)C2)C3)ccc1C. The molecule has 194 valence electrons. The zero-order valence-corrected chi connectivity index (χ0v) is 22.5. The van der Waals surface area contributed by atoms with Gasteiger partial charge in [0.2, 0.25) is 5.95 Å². The molecule has 5 rings (SSSR count). The van der Waals surface area contributed by atoms with Crippen LogP contribution >= 0.6 is 11.9 Å². The van der Waals surface area contributed by atoms with E-state index in [0.717, 1.165) is 55.2 Å². The normalized spacial score (nSPS) is 19.4. The minimum atomic E-state index is 0.0662. The van der Waals surface area contributed by atoms with Gasteiger partial charge in [0.15, 0.2) is 0 Å². The Balaban J connectivity index is 1.21. The smallest absolute Gasteiger partial charge is 0.254 e. The van der Waals surface area contributed by atoms with Gasteiger partial charge in [0, 0.05) is 73.2 Å². The standard InChI is InChI=1S/C27H33N7O2S/c1-17-5-6-21(13-24(17)36-3)30-27-29-14-20-15-33(16-23(20)31-27)22-8-10-34(18(2)11-22)26(35)19-7-9-28-25(12-19)32-37-4/h5-7,9,12-14,18,22H,8,10-11,15-16H2,1-4H3,(H,28,32)(H,29,30,31)/t18-,22-/m1/s1. The number of rotatable bonds is 7. The second-order valence-corrected chi connectivity index (χ2v) is 10.3. The highest BCUT2D eigenvalue weighted by atomic mass is 32.2. The maximum Gasteiger partial charge on any atom is 0.254 e. The minimum Gasteiger partial charge on any atom is -0.496 e. The summed E-state index contributed by atoms with van der Waals surface area (Å²) < 4.78 is 8.53. The van der Waals surface area contributed by atoms with Crippen molar-refractivity contribution in [1.29, 1.82) is 0 Å². The Labute approximate surface area is 222 Å². The molecule has 1 amide bonds. The van der Waals surface area contributed by atoms with Crippen molar-refractivity contribution in [2.24, 2.45) is 0 Å². The van der Waals surface area contributed by atoms with E-state index in [1.165, 1.54) is 17.5 Å². The van der Waals surface area contributed by atoms with Crippen LogP contribution in [0.4, 0.5) is 17.5 Å². The minimum absolute atomic E-state index is 0.0662. The largest absolute Gasteiger partial charge is 0.496 e. The Kier molecular flexibility index (Phi) is 7.48. The zero-order valence-electron chi connectivity index (χ0n) is 21.7. The van der Waals surface area contributed by atoms with E-state index in [4.69, 9.17) is 9.72 Å². The lowest BCUT2D eigenvalue weighted by molar-refractivity contribution is 0.0460. The van der Waals surface area contributed by atoms with Crippen molar-refractivity contribution in [3.8, 4) is 5.75 Å². The molecule has 1 aromatic carbocycles. The predicted molar refractivity (Wildman–Crippen MR) is 147 cm³/mol. The maximum atomic E-state index is 13.2. The van der Waals surface area contributed by atoms with Crippen LogP contribution in [0.5, 0.6) is 5.75 Å². The summed E-state index contributed by atoms with van der Waals surface area (Å²) in [5.74, 6) is 2.19. The first kappa shape index (κ1) is 25.3. The van der Waals surface area contributed by atoms with Crippen molar-refractivity contribution >= 4 is 35.3 Å². The van der Waals surface area contributed by atoms with E-state index in [1.807, 2.05) is 48.5 Å². The number of hydrogen-bond acceptors (Lipinski definition) is 9. The first-order chi connectivity index (χ1) is 17.9. The third-order valence-electron chi connectivity index (χ3n) is 7.18. The molecule has 0 saturated carbocycles.